The third-order valence-corrected chi connectivity index (χ3v) is 3.26. The zero-order chi connectivity index (χ0) is 16.2. The van der Waals surface area contributed by atoms with Crippen LogP contribution in [0.15, 0.2) is 60.8 Å². The van der Waals surface area contributed by atoms with Gasteiger partial charge in [0.15, 0.2) is 5.82 Å². The maximum Gasteiger partial charge on any atom is 0.230 e. The molecule has 0 aliphatic carbocycles. The quantitative estimate of drug-likeness (QED) is 0.803. The van der Waals surface area contributed by atoms with Crippen LogP contribution in [0, 0.1) is 11.6 Å². The number of anilines is 1. The van der Waals surface area contributed by atoms with Gasteiger partial charge >= 0.3 is 0 Å². The molecule has 0 radical (unpaired) electrons. The summed E-state index contributed by atoms with van der Waals surface area (Å²) in [6, 6.07) is 13.8. The normalized spacial score (nSPS) is 10.5. The summed E-state index contributed by atoms with van der Waals surface area (Å²) >= 11 is 0. The molecular weight excluding hydrogens is 300 g/mol. The number of halogens is 2. The SMILES string of the molecule is O=C(Cc1ccccc1F)Nc1ccn(-c2ccccc2F)n1. The van der Waals surface area contributed by atoms with Gasteiger partial charge in [-0.05, 0) is 23.8 Å². The minimum atomic E-state index is -0.431. The summed E-state index contributed by atoms with van der Waals surface area (Å²) in [4.78, 5) is 11.9. The second kappa shape index (κ2) is 6.39. The lowest BCUT2D eigenvalue weighted by Crippen LogP contribution is -2.15. The first-order valence-corrected chi connectivity index (χ1v) is 6.97. The third-order valence-electron chi connectivity index (χ3n) is 3.26. The van der Waals surface area contributed by atoms with Crippen molar-refractivity contribution < 1.29 is 13.6 Å². The summed E-state index contributed by atoms with van der Waals surface area (Å²) in [5.74, 6) is -0.970. The molecule has 0 saturated carbocycles. The second-order valence-corrected chi connectivity index (χ2v) is 4.91. The van der Waals surface area contributed by atoms with Crippen molar-refractivity contribution in [1.29, 1.82) is 0 Å². The van der Waals surface area contributed by atoms with Crippen LogP contribution < -0.4 is 5.32 Å². The van der Waals surface area contributed by atoms with Crippen LogP contribution in [0.1, 0.15) is 5.56 Å². The smallest absolute Gasteiger partial charge is 0.230 e. The van der Waals surface area contributed by atoms with Crippen molar-refractivity contribution in [2.45, 2.75) is 6.42 Å². The molecule has 0 atom stereocenters. The van der Waals surface area contributed by atoms with Crippen molar-refractivity contribution in [3.05, 3.63) is 78.0 Å². The largest absolute Gasteiger partial charge is 0.309 e. The summed E-state index contributed by atoms with van der Waals surface area (Å²) in [5, 5.41) is 6.66. The molecule has 4 nitrogen and oxygen atoms in total. The monoisotopic (exact) mass is 313 g/mol. The lowest BCUT2D eigenvalue weighted by molar-refractivity contribution is -0.115. The van der Waals surface area contributed by atoms with Crippen LogP contribution in [-0.2, 0) is 11.2 Å². The molecule has 1 heterocycles. The molecule has 23 heavy (non-hydrogen) atoms. The van der Waals surface area contributed by atoms with E-state index in [1.165, 1.54) is 23.0 Å². The molecule has 0 fully saturated rings. The van der Waals surface area contributed by atoms with Gasteiger partial charge in [-0.15, -0.1) is 5.10 Å². The molecule has 1 amide bonds. The number of hydrogen-bond acceptors (Lipinski definition) is 2. The average Bonchev–Trinajstić information content (AvgIpc) is 2.98. The van der Waals surface area contributed by atoms with Gasteiger partial charge in [0.1, 0.15) is 17.3 Å². The van der Waals surface area contributed by atoms with Crippen molar-refractivity contribution in [2.24, 2.45) is 0 Å². The molecule has 0 spiro atoms. The van der Waals surface area contributed by atoms with Crippen molar-refractivity contribution in [3.8, 4) is 5.69 Å². The fourth-order valence-corrected chi connectivity index (χ4v) is 2.16. The Morgan fingerprint density at radius 1 is 1.00 bits per heavy atom. The molecule has 3 aromatic rings. The van der Waals surface area contributed by atoms with E-state index in [2.05, 4.69) is 10.4 Å². The van der Waals surface area contributed by atoms with E-state index in [4.69, 9.17) is 0 Å². The number of para-hydroxylation sites is 1. The lowest BCUT2D eigenvalue weighted by Gasteiger charge is -2.04. The van der Waals surface area contributed by atoms with Crippen LogP contribution in [0.25, 0.3) is 5.69 Å². The van der Waals surface area contributed by atoms with Gasteiger partial charge in [-0.25, -0.2) is 13.5 Å². The van der Waals surface area contributed by atoms with Gasteiger partial charge in [0.25, 0.3) is 0 Å². The van der Waals surface area contributed by atoms with Crippen molar-refractivity contribution in [3.63, 3.8) is 0 Å². The molecule has 1 N–H and O–H groups in total. The fourth-order valence-electron chi connectivity index (χ4n) is 2.16. The molecule has 0 aliphatic heterocycles. The van der Waals surface area contributed by atoms with Crippen LogP contribution in [-0.4, -0.2) is 15.7 Å². The maximum atomic E-state index is 13.7. The molecule has 6 heteroatoms. The summed E-state index contributed by atoms with van der Waals surface area (Å²) in [7, 11) is 0. The minimum absolute atomic E-state index is 0.0980. The highest BCUT2D eigenvalue weighted by molar-refractivity contribution is 5.91. The zero-order valence-corrected chi connectivity index (χ0v) is 12.0. The number of nitrogens with one attached hydrogen (secondary N) is 1. The number of nitrogens with zero attached hydrogens (tertiary/aromatic N) is 2. The highest BCUT2D eigenvalue weighted by Crippen LogP contribution is 2.14. The van der Waals surface area contributed by atoms with Gasteiger partial charge in [-0.1, -0.05) is 30.3 Å². The number of carbonyl (C=O) groups is 1. The second-order valence-electron chi connectivity index (χ2n) is 4.91. The molecule has 1 aromatic heterocycles. The van der Waals surface area contributed by atoms with Crippen LogP contribution >= 0.6 is 0 Å². The Hall–Kier alpha value is -3.02. The minimum Gasteiger partial charge on any atom is -0.309 e. The Bertz CT molecular complexity index is 845. The predicted molar refractivity (Wildman–Crippen MR) is 82.3 cm³/mol. The summed E-state index contributed by atoms with van der Waals surface area (Å²) < 4.78 is 28.5. The van der Waals surface area contributed by atoms with Gasteiger partial charge in [0, 0.05) is 12.3 Å². The maximum absolute atomic E-state index is 13.7. The Labute approximate surface area is 131 Å². The van der Waals surface area contributed by atoms with E-state index in [-0.39, 0.29) is 17.9 Å². The molecule has 0 aliphatic rings. The van der Waals surface area contributed by atoms with E-state index in [1.54, 1.807) is 42.5 Å². The number of aromatic nitrogens is 2. The van der Waals surface area contributed by atoms with Crippen molar-refractivity contribution in [1.82, 2.24) is 9.78 Å². The zero-order valence-electron chi connectivity index (χ0n) is 12.0. The van der Waals surface area contributed by atoms with Gasteiger partial charge in [-0.2, -0.15) is 0 Å². The topological polar surface area (TPSA) is 46.9 Å². The van der Waals surface area contributed by atoms with E-state index in [9.17, 15) is 13.6 Å². The Morgan fingerprint density at radius 3 is 2.43 bits per heavy atom. The van der Waals surface area contributed by atoms with Crippen molar-refractivity contribution >= 4 is 11.7 Å². The van der Waals surface area contributed by atoms with E-state index >= 15 is 0 Å². The van der Waals surface area contributed by atoms with Crippen LogP contribution in [0.2, 0.25) is 0 Å². The molecule has 0 unspecified atom stereocenters. The fraction of sp³-hybridized carbons (Fsp3) is 0.0588. The Morgan fingerprint density at radius 2 is 1.70 bits per heavy atom. The van der Waals surface area contributed by atoms with Gasteiger partial charge < -0.3 is 5.32 Å². The molecule has 3 rings (SSSR count). The van der Waals surface area contributed by atoms with Gasteiger partial charge in [-0.3, -0.25) is 4.79 Å². The summed E-state index contributed by atoms with van der Waals surface area (Å²) in [6.45, 7) is 0. The molecule has 2 aromatic carbocycles. The average molecular weight is 313 g/mol. The molecule has 116 valence electrons. The van der Waals surface area contributed by atoms with E-state index in [1.807, 2.05) is 0 Å². The number of rotatable bonds is 4. The first-order chi connectivity index (χ1) is 11.1. The Kier molecular flexibility index (Phi) is 4.14. The highest BCUT2D eigenvalue weighted by atomic mass is 19.1. The van der Waals surface area contributed by atoms with E-state index < -0.39 is 17.5 Å². The highest BCUT2D eigenvalue weighted by Gasteiger charge is 2.10. The predicted octanol–water partition coefficient (Wildman–Crippen LogP) is 3.33. The van der Waals surface area contributed by atoms with Crippen molar-refractivity contribution in [2.75, 3.05) is 5.32 Å². The van der Waals surface area contributed by atoms with Crippen LogP contribution in [0.5, 0.6) is 0 Å². The molecule has 0 saturated heterocycles. The molecule has 0 bridgehead atoms. The van der Waals surface area contributed by atoms with E-state index in [0.717, 1.165) is 0 Å². The number of benzene rings is 2. The summed E-state index contributed by atoms with van der Waals surface area (Å²) in [6.07, 6.45) is 1.44. The first kappa shape index (κ1) is 14.9. The van der Waals surface area contributed by atoms with Crippen LogP contribution in [0.3, 0.4) is 0 Å². The van der Waals surface area contributed by atoms with E-state index in [0.29, 0.717) is 5.56 Å². The third kappa shape index (κ3) is 3.42. The number of carbonyl (C=O) groups excluding carboxylic acids is 1. The lowest BCUT2D eigenvalue weighted by atomic mass is 10.1. The number of amides is 1. The Balaban J connectivity index is 1.71. The number of hydrogen-bond donors (Lipinski definition) is 1. The van der Waals surface area contributed by atoms with Gasteiger partial charge in [0.2, 0.25) is 5.91 Å². The summed E-state index contributed by atoms with van der Waals surface area (Å²) in [5.41, 5.74) is 0.584. The van der Waals surface area contributed by atoms with Gasteiger partial charge in [0.05, 0.1) is 6.42 Å². The standard InChI is InChI=1S/C17H13F2N3O/c18-13-6-2-1-5-12(13)11-17(23)20-16-9-10-22(21-16)15-8-4-3-7-14(15)19/h1-10H,11H2,(H,20,21,23). The van der Waals surface area contributed by atoms with Crippen LogP contribution in [0.4, 0.5) is 14.6 Å². The molecular formula is C17H13F2N3O. The first-order valence-electron chi connectivity index (χ1n) is 6.97.